The number of sulfonamides is 1. The van der Waals surface area contributed by atoms with Crippen LogP contribution in [0.15, 0.2) is 60.8 Å². The van der Waals surface area contributed by atoms with Gasteiger partial charge in [-0.15, -0.1) is 0 Å². The molecule has 190 valence electrons. The molecular weight excluding hydrogens is 493 g/mol. The molecule has 1 fully saturated rings. The smallest absolute Gasteiger partial charge is 0.354 e. The molecule has 1 saturated heterocycles. The Morgan fingerprint density at radius 2 is 1.64 bits per heavy atom. The van der Waals surface area contributed by atoms with Crippen LogP contribution in [0.4, 0.5) is 24.7 Å². The predicted octanol–water partition coefficient (Wildman–Crippen LogP) is 4.41. The Morgan fingerprint density at radius 3 is 2.19 bits per heavy atom. The molecule has 1 N–H and O–H groups in total. The molecule has 36 heavy (non-hydrogen) atoms. The quantitative estimate of drug-likeness (QED) is 0.541. The number of nitrogens with one attached hydrogen (secondary N) is 1. The Kier molecular flexibility index (Phi) is 7.05. The number of carbonyl (C=O) groups excluding carboxylic acids is 1. The van der Waals surface area contributed by atoms with Crippen LogP contribution in [0.5, 0.6) is 0 Å². The number of aromatic nitrogens is 1. The fourth-order valence-corrected chi connectivity index (χ4v) is 4.90. The highest BCUT2D eigenvalue weighted by atomic mass is 32.2. The van der Waals surface area contributed by atoms with Gasteiger partial charge in [-0.05, 0) is 53.9 Å². The van der Waals surface area contributed by atoms with Gasteiger partial charge in [0.25, 0.3) is 5.91 Å². The van der Waals surface area contributed by atoms with Crippen LogP contribution in [0, 0.1) is 6.92 Å². The van der Waals surface area contributed by atoms with Gasteiger partial charge in [0.15, 0.2) is 0 Å². The maximum atomic E-state index is 12.9. The number of halogens is 3. The molecule has 1 aliphatic heterocycles. The van der Waals surface area contributed by atoms with Crippen molar-refractivity contribution >= 4 is 27.4 Å². The molecule has 11 heteroatoms. The molecule has 0 aliphatic carbocycles. The van der Waals surface area contributed by atoms with Crippen LogP contribution in [0.25, 0.3) is 11.1 Å². The maximum Gasteiger partial charge on any atom is 0.416 e. The number of nitrogens with zero attached hydrogens (tertiary/aromatic N) is 3. The summed E-state index contributed by atoms with van der Waals surface area (Å²) in [6.45, 7) is 3.54. The van der Waals surface area contributed by atoms with Crippen molar-refractivity contribution in [2.24, 2.45) is 0 Å². The van der Waals surface area contributed by atoms with E-state index in [0.717, 1.165) is 17.7 Å². The van der Waals surface area contributed by atoms with Crippen molar-refractivity contribution in [2.75, 3.05) is 42.7 Å². The molecule has 0 radical (unpaired) electrons. The number of rotatable bonds is 5. The van der Waals surface area contributed by atoms with Gasteiger partial charge in [0.1, 0.15) is 5.82 Å². The SMILES string of the molecule is Cc1c(NC(=O)c2ccc(N3CCN(S(C)(=O)=O)CC3)nc2)cccc1-c1ccc(C(F)(F)F)cc1. The summed E-state index contributed by atoms with van der Waals surface area (Å²) in [6, 6.07) is 13.5. The van der Waals surface area contributed by atoms with Crippen molar-refractivity contribution in [3.63, 3.8) is 0 Å². The highest BCUT2D eigenvalue weighted by molar-refractivity contribution is 7.88. The highest BCUT2D eigenvalue weighted by Gasteiger charge is 2.30. The van der Waals surface area contributed by atoms with Gasteiger partial charge in [0.05, 0.1) is 17.4 Å². The van der Waals surface area contributed by atoms with Gasteiger partial charge in [0, 0.05) is 38.1 Å². The molecule has 0 saturated carbocycles. The lowest BCUT2D eigenvalue weighted by Gasteiger charge is -2.33. The summed E-state index contributed by atoms with van der Waals surface area (Å²) in [5.74, 6) is 0.281. The van der Waals surface area contributed by atoms with Gasteiger partial charge < -0.3 is 10.2 Å². The number of hydrogen-bond donors (Lipinski definition) is 1. The van der Waals surface area contributed by atoms with Gasteiger partial charge >= 0.3 is 6.18 Å². The van der Waals surface area contributed by atoms with E-state index in [1.807, 2.05) is 4.90 Å². The maximum absolute atomic E-state index is 12.9. The summed E-state index contributed by atoms with van der Waals surface area (Å²) in [4.78, 5) is 19.2. The van der Waals surface area contributed by atoms with Crippen LogP contribution in [0.3, 0.4) is 0 Å². The van der Waals surface area contributed by atoms with E-state index >= 15 is 0 Å². The minimum atomic E-state index is -4.41. The Bertz CT molecular complexity index is 1350. The van der Waals surface area contributed by atoms with Crippen molar-refractivity contribution in [3.8, 4) is 11.1 Å². The second-order valence-corrected chi connectivity index (χ2v) is 10.5. The zero-order valence-electron chi connectivity index (χ0n) is 19.7. The van der Waals surface area contributed by atoms with E-state index in [1.165, 1.54) is 28.9 Å². The van der Waals surface area contributed by atoms with Crippen LogP contribution in [0.2, 0.25) is 0 Å². The van der Waals surface area contributed by atoms with Crippen LogP contribution < -0.4 is 10.2 Å². The minimum Gasteiger partial charge on any atom is -0.354 e. The number of benzene rings is 2. The number of amides is 1. The average molecular weight is 519 g/mol. The fraction of sp³-hybridized carbons (Fsp3) is 0.280. The molecule has 0 unspecified atom stereocenters. The number of anilines is 2. The van der Waals surface area contributed by atoms with Crippen LogP contribution in [-0.2, 0) is 16.2 Å². The standard InChI is InChI=1S/C25H25F3N4O3S/c1-17-21(18-6-9-20(10-7-18)25(26,27)28)4-3-5-22(17)30-24(33)19-8-11-23(29-16-19)31-12-14-32(15-13-31)36(2,34)35/h3-11,16H,12-15H2,1-2H3,(H,30,33). The van der Waals surface area contributed by atoms with Gasteiger partial charge in [-0.3, -0.25) is 4.79 Å². The van der Waals surface area contributed by atoms with E-state index in [1.54, 1.807) is 37.3 Å². The van der Waals surface area contributed by atoms with Crippen molar-refractivity contribution < 1.29 is 26.4 Å². The molecule has 3 aromatic rings. The zero-order valence-corrected chi connectivity index (χ0v) is 20.5. The summed E-state index contributed by atoms with van der Waals surface area (Å²) in [7, 11) is -3.22. The Hall–Kier alpha value is -3.44. The average Bonchev–Trinajstić information content (AvgIpc) is 2.84. The third-order valence-electron chi connectivity index (χ3n) is 6.15. The third kappa shape index (κ3) is 5.68. The summed E-state index contributed by atoms with van der Waals surface area (Å²) < 4.78 is 63.4. The Morgan fingerprint density at radius 1 is 0.972 bits per heavy atom. The van der Waals surface area contributed by atoms with Crippen molar-refractivity contribution in [2.45, 2.75) is 13.1 Å². The van der Waals surface area contributed by atoms with Crippen molar-refractivity contribution in [1.29, 1.82) is 0 Å². The second-order valence-electron chi connectivity index (χ2n) is 8.56. The van der Waals surface area contributed by atoms with Gasteiger partial charge in [-0.25, -0.2) is 13.4 Å². The largest absolute Gasteiger partial charge is 0.416 e. The van der Waals surface area contributed by atoms with E-state index < -0.39 is 21.8 Å². The molecule has 4 rings (SSSR count). The summed E-state index contributed by atoms with van der Waals surface area (Å²) in [5, 5.41) is 2.85. The first kappa shape index (κ1) is 25.6. The topological polar surface area (TPSA) is 82.6 Å². The van der Waals surface area contributed by atoms with Crippen molar-refractivity contribution in [1.82, 2.24) is 9.29 Å². The number of hydrogen-bond acceptors (Lipinski definition) is 5. The Balaban J connectivity index is 1.45. The first-order valence-corrected chi connectivity index (χ1v) is 13.0. The van der Waals surface area contributed by atoms with Crippen LogP contribution >= 0.6 is 0 Å². The fourth-order valence-electron chi connectivity index (χ4n) is 4.07. The zero-order chi connectivity index (χ0) is 26.1. The van der Waals surface area contributed by atoms with E-state index in [2.05, 4.69) is 10.3 Å². The lowest BCUT2D eigenvalue weighted by Crippen LogP contribution is -2.48. The molecule has 0 atom stereocenters. The lowest BCUT2D eigenvalue weighted by atomic mass is 9.98. The minimum absolute atomic E-state index is 0.341. The molecular formula is C25H25F3N4O3S. The van der Waals surface area contributed by atoms with Crippen molar-refractivity contribution in [3.05, 3.63) is 77.5 Å². The summed E-state index contributed by atoms with van der Waals surface area (Å²) >= 11 is 0. The normalized spacial score (nSPS) is 15.1. The third-order valence-corrected chi connectivity index (χ3v) is 7.45. The number of carbonyl (C=O) groups is 1. The number of pyridine rings is 1. The van der Waals surface area contributed by atoms with Gasteiger partial charge in [-0.2, -0.15) is 17.5 Å². The first-order valence-electron chi connectivity index (χ1n) is 11.2. The highest BCUT2D eigenvalue weighted by Crippen LogP contribution is 2.33. The van der Waals surface area contributed by atoms with E-state index in [4.69, 9.17) is 0 Å². The van der Waals surface area contributed by atoms with Gasteiger partial charge in [-0.1, -0.05) is 24.3 Å². The molecule has 1 amide bonds. The number of alkyl halides is 3. The van der Waals surface area contributed by atoms with E-state index in [-0.39, 0.29) is 5.91 Å². The predicted molar refractivity (Wildman–Crippen MR) is 132 cm³/mol. The molecule has 1 aliphatic rings. The van der Waals surface area contributed by atoms with Crippen LogP contribution in [-0.4, -0.2) is 56.0 Å². The molecule has 0 spiro atoms. The van der Waals surface area contributed by atoms with Crippen LogP contribution in [0.1, 0.15) is 21.5 Å². The van der Waals surface area contributed by atoms with E-state index in [0.29, 0.717) is 54.4 Å². The molecule has 7 nitrogen and oxygen atoms in total. The van der Waals surface area contributed by atoms with E-state index in [9.17, 15) is 26.4 Å². The second kappa shape index (κ2) is 9.90. The first-order chi connectivity index (χ1) is 16.9. The molecule has 2 heterocycles. The lowest BCUT2D eigenvalue weighted by molar-refractivity contribution is -0.137. The molecule has 1 aromatic heterocycles. The summed E-state index contributed by atoms with van der Waals surface area (Å²) in [5.41, 5.74) is 2.20. The Labute approximate surface area is 207 Å². The molecule has 2 aromatic carbocycles. The summed E-state index contributed by atoms with van der Waals surface area (Å²) in [6.07, 6.45) is -1.75. The monoisotopic (exact) mass is 518 g/mol. The number of piperazine rings is 1. The van der Waals surface area contributed by atoms with Gasteiger partial charge in [0.2, 0.25) is 10.0 Å². The molecule has 0 bridgehead atoms.